The van der Waals surface area contributed by atoms with Gasteiger partial charge in [0.2, 0.25) is 17.8 Å². The van der Waals surface area contributed by atoms with Crippen LogP contribution >= 0.6 is 0 Å². The molecule has 0 spiro atoms. The second-order valence-corrected chi connectivity index (χ2v) is 11.2. The molecule has 9 heteroatoms. The van der Waals surface area contributed by atoms with E-state index in [-0.39, 0.29) is 30.2 Å². The SMILES string of the molecule is CC(C)N1CCN(c2ccc(Nc3ncc4c(n3)N(C3CCCC3)C(C3CC(=O)NC3=O)C4)cc2)CC1. The molecular weight excluding hydrogens is 466 g/mol. The minimum atomic E-state index is -0.325. The van der Waals surface area contributed by atoms with Crippen molar-refractivity contribution in [2.24, 2.45) is 5.92 Å². The molecule has 4 aliphatic rings. The largest absolute Gasteiger partial charge is 0.369 e. The summed E-state index contributed by atoms with van der Waals surface area (Å²) < 4.78 is 0. The highest BCUT2D eigenvalue weighted by molar-refractivity contribution is 6.04. The number of fused-ring (bicyclic) bond motifs is 1. The number of hydrogen-bond acceptors (Lipinski definition) is 8. The van der Waals surface area contributed by atoms with Crippen molar-refractivity contribution < 1.29 is 9.59 Å². The molecule has 2 aromatic rings. The van der Waals surface area contributed by atoms with Gasteiger partial charge in [0.1, 0.15) is 5.82 Å². The van der Waals surface area contributed by atoms with Gasteiger partial charge in [0.15, 0.2) is 0 Å². The topological polar surface area (TPSA) is 93.7 Å². The number of rotatable bonds is 6. The number of aromatic nitrogens is 2. The number of hydrogen-bond donors (Lipinski definition) is 2. The van der Waals surface area contributed by atoms with Gasteiger partial charge in [0.05, 0.1) is 5.92 Å². The molecule has 4 heterocycles. The van der Waals surface area contributed by atoms with Crippen LogP contribution in [-0.4, -0.2) is 71.0 Å². The first-order valence-electron chi connectivity index (χ1n) is 13.8. The molecule has 1 saturated carbocycles. The van der Waals surface area contributed by atoms with Crippen LogP contribution in [0.25, 0.3) is 0 Å². The predicted molar refractivity (Wildman–Crippen MR) is 144 cm³/mol. The van der Waals surface area contributed by atoms with Gasteiger partial charge >= 0.3 is 0 Å². The second kappa shape index (κ2) is 9.93. The normalized spacial score (nSPS) is 24.7. The summed E-state index contributed by atoms with van der Waals surface area (Å²) in [6.45, 7) is 8.79. The zero-order chi connectivity index (χ0) is 25.5. The van der Waals surface area contributed by atoms with Crippen LogP contribution in [0.1, 0.15) is 51.5 Å². The lowest BCUT2D eigenvalue weighted by molar-refractivity contribution is -0.126. The molecule has 9 nitrogen and oxygen atoms in total. The van der Waals surface area contributed by atoms with E-state index < -0.39 is 0 Å². The Kier molecular flexibility index (Phi) is 6.48. The van der Waals surface area contributed by atoms with Crippen LogP contribution in [0.15, 0.2) is 30.5 Å². The fourth-order valence-electron chi connectivity index (χ4n) is 6.53. The molecule has 1 aromatic heterocycles. The molecule has 2 atom stereocenters. The number of carbonyl (C=O) groups is 2. The Morgan fingerprint density at radius 3 is 2.38 bits per heavy atom. The van der Waals surface area contributed by atoms with E-state index in [0.29, 0.717) is 24.5 Å². The highest BCUT2D eigenvalue weighted by atomic mass is 16.2. The molecule has 1 aliphatic carbocycles. The zero-order valence-electron chi connectivity index (χ0n) is 21.8. The van der Waals surface area contributed by atoms with Crippen molar-refractivity contribution in [1.82, 2.24) is 20.2 Å². The van der Waals surface area contributed by atoms with Gasteiger partial charge in [-0.25, -0.2) is 4.98 Å². The third kappa shape index (κ3) is 4.77. The number of anilines is 4. The van der Waals surface area contributed by atoms with Crippen molar-refractivity contribution in [3.63, 3.8) is 0 Å². The maximum absolute atomic E-state index is 12.6. The fourth-order valence-corrected chi connectivity index (χ4v) is 6.53. The lowest BCUT2D eigenvalue weighted by Crippen LogP contribution is -2.48. The van der Waals surface area contributed by atoms with E-state index in [9.17, 15) is 9.59 Å². The van der Waals surface area contributed by atoms with Gasteiger partial charge in [-0.1, -0.05) is 12.8 Å². The number of carbonyl (C=O) groups excluding carboxylic acids is 2. The average molecular weight is 504 g/mol. The van der Waals surface area contributed by atoms with E-state index in [0.717, 1.165) is 56.1 Å². The fraction of sp³-hybridized carbons (Fsp3) is 0.571. The van der Waals surface area contributed by atoms with Crippen LogP contribution in [-0.2, 0) is 16.0 Å². The monoisotopic (exact) mass is 503 g/mol. The summed E-state index contributed by atoms with van der Waals surface area (Å²) in [5.41, 5.74) is 3.25. The highest BCUT2D eigenvalue weighted by Gasteiger charge is 2.46. The van der Waals surface area contributed by atoms with Crippen LogP contribution < -0.4 is 20.4 Å². The van der Waals surface area contributed by atoms with Crippen molar-refractivity contribution in [3.05, 3.63) is 36.0 Å². The Balaban J connectivity index is 1.18. The van der Waals surface area contributed by atoms with Crippen molar-refractivity contribution in [3.8, 4) is 0 Å². The standard InChI is InChI=1S/C28H37N7O2/c1-18(2)33-11-13-34(14-12-33)21-9-7-20(8-10-21)30-28-29-17-19-15-24(23-16-25(36)31-27(23)37)35(26(19)32-28)22-5-3-4-6-22/h7-10,17-18,22-24H,3-6,11-16H2,1-2H3,(H,29,30,32)(H,31,36,37). The Labute approximate surface area is 218 Å². The Hall–Kier alpha value is -3.20. The average Bonchev–Trinajstić information content (AvgIpc) is 3.62. The number of benzene rings is 1. The zero-order valence-corrected chi connectivity index (χ0v) is 21.8. The Morgan fingerprint density at radius 1 is 1.00 bits per heavy atom. The van der Waals surface area contributed by atoms with Gasteiger partial charge in [-0.2, -0.15) is 4.98 Å². The molecule has 3 aliphatic heterocycles. The van der Waals surface area contributed by atoms with Crippen LogP contribution in [0.3, 0.4) is 0 Å². The lowest BCUT2D eigenvalue weighted by atomic mass is 9.94. The van der Waals surface area contributed by atoms with Crippen molar-refractivity contribution in [2.75, 3.05) is 41.3 Å². The quantitative estimate of drug-likeness (QED) is 0.581. The van der Waals surface area contributed by atoms with Crippen LogP contribution in [0.2, 0.25) is 0 Å². The number of piperazine rings is 1. The number of nitrogens with one attached hydrogen (secondary N) is 2. The molecule has 3 fully saturated rings. The summed E-state index contributed by atoms with van der Waals surface area (Å²) in [7, 11) is 0. The van der Waals surface area contributed by atoms with E-state index in [1.54, 1.807) is 0 Å². The van der Waals surface area contributed by atoms with E-state index in [4.69, 9.17) is 4.98 Å². The molecule has 2 N–H and O–H groups in total. The van der Waals surface area contributed by atoms with Gasteiger partial charge in [-0.05, 0) is 57.4 Å². The van der Waals surface area contributed by atoms with Gasteiger partial charge in [0, 0.05) is 73.9 Å². The molecule has 2 amide bonds. The van der Waals surface area contributed by atoms with E-state index >= 15 is 0 Å². The number of imide groups is 1. The molecule has 2 unspecified atom stereocenters. The molecule has 196 valence electrons. The summed E-state index contributed by atoms with van der Waals surface area (Å²) >= 11 is 0. The highest BCUT2D eigenvalue weighted by Crippen LogP contribution is 2.41. The molecule has 2 saturated heterocycles. The first-order chi connectivity index (χ1) is 18.0. The lowest BCUT2D eigenvalue weighted by Gasteiger charge is -2.38. The molecule has 0 radical (unpaired) electrons. The molecular formula is C28H37N7O2. The maximum Gasteiger partial charge on any atom is 0.232 e. The molecule has 0 bridgehead atoms. The van der Waals surface area contributed by atoms with Crippen molar-refractivity contribution in [1.29, 1.82) is 0 Å². The predicted octanol–water partition coefficient (Wildman–Crippen LogP) is 3.09. The minimum absolute atomic E-state index is 0.0375. The van der Waals surface area contributed by atoms with E-state index in [2.05, 4.69) is 68.4 Å². The van der Waals surface area contributed by atoms with Crippen molar-refractivity contribution in [2.45, 2.75) is 70.5 Å². The van der Waals surface area contributed by atoms with Gasteiger partial charge < -0.3 is 15.1 Å². The van der Waals surface area contributed by atoms with Crippen LogP contribution in [0, 0.1) is 5.92 Å². The molecule has 6 rings (SSSR count). The summed E-state index contributed by atoms with van der Waals surface area (Å²) in [5, 5.41) is 5.89. The number of nitrogens with zero attached hydrogens (tertiary/aromatic N) is 5. The summed E-state index contributed by atoms with van der Waals surface area (Å²) in [6, 6.07) is 9.42. The van der Waals surface area contributed by atoms with Gasteiger partial charge in [0.25, 0.3) is 0 Å². The smallest absolute Gasteiger partial charge is 0.232 e. The maximum atomic E-state index is 12.6. The summed E-state index contributed by atoms with van der Waals surface area (Å²) in [5.74, 6) is 0.835. The summed E-state index contributed by atoms with van der Waals surface area (Å²) in [4.78, 5) is 41.4. The Morgan fingerprint density at radius 2 is 1.73 bits per heavy atom. The van der Waals surface area contributed by atoms with E-state index in [1.807, 2.05) is 6.20 Å². The van der Waals surface area contributed by atoms with E-state index in [1.165, 1.54) is 18.5 Å². The third-order valence-corrected chi connectivity index (χ3v) is 8.59. The van der Waals surface area contributed by atoms with Gasteiger partial charge in [-0.15, -0.1) is 0 Å². The number of amides is 2. The van der Waals surface area contributed by atoms with Gasteiger partial charge in [-0.3, -0.25) is 19.8 Å². The minimum Gasteiger partial charge on any atom is -0.369 e. The van der Waals surface area contributed by atoms with Crippen LogP contribution in [0.5, 0.6) is 0 Å². The summed E-state index contributed by atoms with van der Waals surface area (Å²) in [6.07, 6.45) is 7.43. The first kappa shape index (κ1) is 24.2. The van der Waals surface area contributed by atoms with Crippen LogP contribution in [0.4, 0.5) is 23.1 Å². The molecule has 1 aromatic carbocycles. The van der Waals surface area contributed by atoms with Crippen molar-refractivity contribution >= 4 is 35.0 Å². The second-order valence-electron chi connectivity index (χ2n) is 11.2. The Bertz CT molecular complexity index is 1150. The third-order valence-electron chi connectivity index (χ3n) is 8.59. The molecule has 37 heavy (non-hydrogen) atoms. The first-order valence-corrected chi connectivity index (χ1v) is 13.8.